The SMILES string of the molecule is C=C(CC(F)(F)C(F)(F)C(F)(F)C(F)(F)C(F)(F)F)C(=O)OCC.C=C(CC(F)(F)C(F)(F)C(F)(F)C(F)(F)F)C(=O)OCC. The van der Waals surface area contributed by atoms with Gasteiger partial charge in [0.1, 0.15) is 0 Å². The van der Waals surface area contributed by atoms with E-state index in [0.717, 1.165) is 6.92 Å². The predicted octanol–water partition coefficient (Wildman–Crippen LogP) is 8.56. The van der Waals surface area contributed by atoms with Gasteiger partial charge in [0.15, 0.2) is 0 Å². The number of alkyl halides is 20. The summed E-state index contributed by atoms with van der Waals surface area (Å²) >= 11 is 0. The lowest BCUT2D eigenvalue weighted by molar-refractivity contribution is -0.421. The summed E-state index contributed by atoms with van der Waals surface area (Å²) in [6, 6.07) is 0. The third-order valence-corrected chi connectivity index (χ3v) is 4.81. The zero-order chi connectivity index (χ0) is 37.1. The smallest absolute Gasteiger partial charge is 0.460 e. The Balaban J connectivity index is 0. The Morgan fingerprint density at radius 1 is 0.444 bits per heavy atom. The highest BCUT2D eigenvalue weighted by Crippen LogP contribution is 2.58. The van der Waals surface area contributed by atoms with Gasteiger partial charge in [-0.1, -0.05) is 13.2 Å². The van der Waals surface area contributed by atoms with Crippen molar-refractivity contribution >= 4 is 11.9 Å². The zero-order valence-electron chi connectivity index (χ0n) is 21.9. The Bertz CT molecular complexity index is 1070. The van der Waals surface area contributed by atoms with E-state index in [1.54, 1.807) is 0 Å². The van der Waals surface area contributed by atoms with Crippen molar-refractivity contribution in [2.45, 2.75) is 80.5 Å². The molecule has 0 aliphatic heterocycles. The highest BCUT2D eigenvalue weighted by atomic mass is 19.4. The van der Waals surface area contributed by atoms with E-state index in [9.17, 15) is 97.4 Å². The molecule has 0 atom stereocenters. The van der Waals surface area contributed by atoms with Gasteiger partial charge in [-0.2, -0.15) is 87.8 Å². The Kier molecular flexibility index (Phi) is 13.5. The normalized spacial score (nSPS) is 14.3. The van der Waals surface area contributed by atoms with Gasteiger partial charge in [0.25, 0.3) is 0 Å². The van der Waals surface area contributed by atoms with Gasteiger partial charge in [-0.3, -0.25) is 0 Å². The van der Waals surface area contributed by atoms with Crippen LogP contribution in [0.25, 0.3) is 0 Å². The molecule has 4 nitrogen and oxygen atoms in total. The molecule has 0 spiro atoms. The van der Waals surface area contributed by atoms with Gasteiger partial charge in [-0.05, 0) is 13.8 Å². The van der Waals surface area contributed by atoms with Gasteiger partial charge in [0.05, 0.1) is 13.2 Å². The van der Waals surface area contributed by atoms with Crippen LogP contribution in [0.3, 0.4) is 0 Å². The van der Waals surface area contributed by atoms with Crippen molar-refractivity contribution in [1.29, 1.82) is 0 Å². The fourth-order valence-electron chi connectivity index (χ4n) is 2.38. The molecule has 24 heteroatoms. The average Bonchev–Trinajstić information content (AvgIpc) is 2.82. The average molecular weight is 714 g/mol. The highest BCUT2D eigenvalue weighted by molar-refractivity contribution is 5.88. The minimum absolute atomic E-state index is 0.363. The molecule has 0 N–H and O–H groups in total. The first kappa shape index (κ1) is 44.1. The zero-order valence-corrected chi connectivity index (χ0v) is 21.9. The van der Waals surface area contributed by atoms with Crippen LogP contribution in [0.4, 0.5) is 87.8 Å². The molecule has 0 unspecified atom stereocenters. The first-order valence-corrected chi connectivity index (χ1v) is 11.0. The molecule has 0 saturated carbocycles. The van der Waals surface area contributed by atoms with Crippen LogP contribution >= 0.6 is 0 Å². The van der Waals surface area contributed by atoms with Crippen LogP contribution in [0.1, 0.15) is 26.7 Å². The van der Waals surface area contributed by atoms with Crippen molar-refractivity contribution < 1.29 is 107 Å². The van der Waals surface area contributed by atoms with Crippen molar-refractivity contribution in [2.75, 3.05) is 13.2 Å². The van der Waals surface area contributed by atoms with Gasteiger partial charge in [0.2, 0.25) is 0 Å². The van der Waals surface area contributed by atoms with Crippen LogP contribution in [0.15, 0.2) is 24.3 Å². The Morgan fingerprint density at radius 3 is 0.889 bits per heavy atom. The Morgan fingerprint density at radius 2 is 0.667 bits per heavy atom. The van der Waals surface area contributed by atoms with Gasteiger partial charge in [-0.25, -0.2) is 9.59 Å². The van der Waals surface area contributed by atoms with Crippen LogP contribution in [0, 0.1) is 0 Å². The Hall–Kier alpha value is -2.98. The van der Waals surface area contributed by atoms with Crippen LogP contribution < -0.4 is 0 Å². The number of rotatable bonds is 13. The molecule has 0 fully saturated rings. The van der Waals surface area contributed by atoms with Gasteiger partial charge in [0, 0.05) is 24.0 Å². The third kappa shape index (κ3) is 8.85. The molecule has 0 amide bonds. The van der Waals surface area contributed by atoms with E-state index in [1.165, 1.54) is 6.92 Å². The quantitative estimate of drug-likeness (QED) is 0.109. The lowest BCUT2D eigenvalue weighted by Crippen LogP contribution is -2.66. The van der Waals surface area contributed by atoms with E-state index >= 15 is 0 Å². The van der Waals surface area contributed by atoms with E-state index in [2.05, 4.69) is 22.6 Å². The van der Waals surface area contributed by atoms with Crippen molar-refractivity contribution in [1.82, 2.24) is 0 Å². The summed E-state index contributed by atoms with van der Waals surface area (Å²) in [6.07, 6.45) is -19.2. The minimum atomic E-state index is -7.50. The molecular formula is C21H18F20O4. The van der Waals surface area contributed by atoms with Crippen molar-refractivity contribution in [3.8, 4) is 0 Å². The summed E-state index contributed by atoms with van der Waals surface area (Å²) in [5.74, 6) is -51.2. The molecule has 0 rings (SSSR count). The fourth-order valence-corrected chi connectivity index (χ4v) is 2.38. The number of hydrogen-bond acceptors (Lipinski definition) is 4. The van der Waals surface area contributed by atoms with Crippen LogP contribution in [0.2, 0.25) is 0 Å². The highest BCUT2D eigenvalue weighted by Gasteiger charge is 2.87. The first-order chi connectivity index (χ1) is 19.5. The number of hydrogen-bond donors (Lipinski definition) is 0. The van der Waals surface area contributed by atoms with E-state index in [0.29, 0.717) is 0 Å². The molecule has 0 aliphatic rings. The molecule has 0 aromatic carbocycles. The molecule has 45 heavy (non-hydrogen) atoms. The lowest BCUT2D eigenvalue weighted by atomic mass is 9.94. The first-order valence-electron chi connectivity index (χ1n) is 11.0. The van der Waals surface area contributed by atoms with Crippen LogP contribution in [0.5, 0.6) is 0 Å². The predicted molar refractivity (Wildman–Crippen MR) is 108 cm³/mol. The summed E-state index contributed by atoms with van der Waals surface area (Å²) in [7, 11) is 0. The second-order valence-corrected chi connectivity index (χ2v) is 8.28. The molecule has 0 radical (unpaired) electrons. The van der Waals surface area contributed by atoms with E-state index in [-0.39, 0.29) is 6.61 Å². The van der Waals surface area contributed by atoms with E-state index < -0.39 is 96.3 Å². The lowest BCUT2D eigenvalue weighted by Gasteiger charge is -2.37. The number of carbonyl (C=O) groups is 2. The second kappa shape index (κ2) is 13.8. The molecule has 0 aromatic heterocycles. The second-order valence-electron chi connectivity index (χ2n) is 8.28. The summed E-state index contributed by atoms with van der Waals surface area (Å²) in [5, 5.41) is 0. The third-order valence-electron chi connectivity index (χ3n) is 4.81. The fraction of sp³-hybridized carbons (Fsp3) is 0.714. The maximum atomic E-state index is 13.3. The molecule has 0 aromatic rings. The summed E-state index contributed by atoms with van der Waals surface area (Å²) in [6.45, 7) is 6.67. The molecule has 0 heterocycles. The maximum Gasteiger partial charge on any atom is 0.460 e. The van der Waals surface area contributed by atoms with Gasteiger partial charge >= 0.3 is 65.7 Å². The summed E-state index contributed by atoms with van der Waals surface area (Å²) < 4.78 is 260. The minimum Gasteiger partial charge on any atom is -0.463 e. The van der Waals surface area contributed by atoms with Crippen molar-refractivity contribution in [3.63, 3.8) is 0 Å². The number of esters is 2. The number of carbonyl (C=O) groups excluding carboxylic acids is 2. The molecule has 0 saturated heterocycles. The van der Waals surface area contributed by atoms with Gasteiger partial charge < -0.3 is 9.47 Å². The summed E-state index contributed by atoms with van der Waals surface area (Å²) in [4.78, 5) is 21.8. The molecule has 266 valence electrons. The molecule has 0 aliphatic carbocycles. The Labute approximate surface area is 238 Å². The van der Waals surface area contributed by atoms with Crippen LogP contribution in [-0.2, 0) is 19.1 Å². The van der Waals surface area contributed by atoms with E-state index in [4.69, 9.17) is 0 Å². The monoisotopic (exact) mass is 714 g/mol. The van der Waals surface area contributed by atoms with Crippen molar-refractivity contribution in [3.05, 3.63) is 24.3 Å². The van der Waals surface area contributed by atoms with E-state index in [1.807, 2.05) is 0 Å². The number of ether oxygens (including phenoxy) is 2. The molecule has 0 bridgehead atoms. The molecular weight excluding hydrogens is 696 g/mol. The van der Waals surface area contributed by atoms with Crippen molar-refractivity contribution in [2.24, 2.45) is 0 Å². The topological polar surface area (TPSA) is 52.6 Å². The maximum absolute atomic E-state index is 13.3. The van der Waals surface area contributed by atoms with Crippen LogP contribution in [-0.4, -0.2) is 79.0 Å². The van der Waals surface area contributed by atoms with Gasteiger partial charge in [-0.15, -0.1) is 0 Å². The largest absolute Gasteiger partial charge is 0.463 e. The number of halogens is 20. The standard InChI is InChI=1S/C11H9F11O2.C10H9F9O2/c1-3-24-6(23)5(2)4-7(12,13)8(14,15)9(16,17)10(18,19)11(20,21)22;1-3-21-6(20)5(2)4-7(11,12)8(13,14)9(15,16)10(17,18)19/h2-4H2,1H3;2-4H2,1H3. The summed E-state index contributed by atoms with van der Waals surface area (Å²) in [5.41, 5.74) is -2.88.